The van der Waals surface area contributed by atoms with Crippen molar-refractivity contribution >= 4 is 11.9 Å². The van der Waals surface area contributed by atoms with E-state index in [0.29, 0.717) is 17.7 Å². The highest BCUT2D eigenvalue weighted by Gasteiger charge is 2.09. The lowest BCUT2D eigenvalue weighted by molar-refractivity contribution is 0.472. The number of nitrogens with zero attached hydrogens (tertiary/aromatic N) is 3. The summed E-state index contributed by atoms with van der Waals surface area (Å²) in [5.74, 6) is 2.05. The minimum absolute atomic E-state index is 0.248. The average Bonchev–Trinajstić information content (AvgIpc) is 2.55. The Morgan fingerprint density at radius 1 is 1.09 bits per heavy atom. The quantitative estimate of drug-likeness (QED) is 0.776. The van der Waals surface area contributed by atoms with Crippen molar-refractivity contribution in [1.82, 2.24) is 15.0 Å². The number of aromatic nitrogens is 3. The molecule has 0 aliphatic rings. The van der Waals surface area contributed by atoms with Crippen LogP contribution in [0.1, 0.15) is 39.5 Å². The van der Waals surface area contributed by atoms with Crippen LogP contribution in [0.3, 0.4) is 0 Å². The largest absolute Gasteiger partial charge is 0.368 e. The molecule has 3 N–H and O–H groups in total. The molecular formula is C17H25N5. The first-order chi connectivity index (χ1) is 10.7. The van der Waals surface area contributed by atoms with Crippen LogP contribution in [0.25, 0.3) is 11.4 Å². The van der Waals surface area contributed by atoms with E-state index in [1.807, 2.05) is 30.3 Å². The van der Waals surface area contributed by atoms with Gasteiger partial charge in [0.15, 0.2) is 5.82 Å². The fraction of sp³-hybridized carbons (Fsp3) is 0.471. The lowest BCUT2D eigenvalue weighted by atomic mass is 9.99. The van der Waals surface area contributed by atoms with E-state index in [1.165, 1.54) is 19.3 Å². The number of nitrogens with two attached hydrogens (primary N) is 1. The van der Waals surface area contributed by atoms with Crippen molar-refractivity contribution in [3.8, 4) is 11.4 Å². The van der Waals surface area contributed by atoms with Crippen molar-refractivity contribution < 1.29 is 0 Å². The van der Waals surface area contributed by atoms with E-state index in [2.05, 4.69) is 34.1 Å². The van der Waals surface area contributed by atoms with E-state index < -0.39 is 0 Å². The molecule has 0 saturated heterocycles. The minimum Gasteiger partial charge on any atom is -0.368 e. The Kier molecular flexibility index (Phi) is 6.13. The van der Waals surface area contributed by atoms with Crippen LogP contribution in [-0.2, 0) is 0 Å². The highest BCUT2D eigenvalue weighted by molar-refractivity contribution is 5.57. The first kappa shape index (κ1) is 16.2. The van der Waals surface area contributed by atoms with Gasteiger partial charge < -0.3 is 11.1 Å². The van der Waals surface area contributed by atoms with Gasteiger partial charge in [-0.3, -0.25) is 0 Å². The second-order valence-electron chi connectivity index (χ2n) is 5.50. The molecule has 0 spiro atoms. The molecule has 0 bridgehead atoms. The summed E-state index contributed by atoms with van der Waals surface area (Å²) < 4.78 is 0. The van der Waals surface area contributed by atoms with Gasteiger partial charge in [-0.15, -0.1) is 0 Å². The van der Waals surface area contributed by atoms with Crippen molar-refractivity contribution in [2.45, 2.75) is 39.5 Å². The lowest BCUT2D eigenvalue weighted by Crippen LogP contribution is -2.16. The number of nitrogen functional groups attached to an aromatic ring is 1. The highest BCUT2D eigenvalue weighted by Crippen LogP contribution is 2.17. The SMILES string of the molecule is CCCCC(CC)CNc1nc(N)nc(-c2ccccc2)n1. The molecule has 0 aliphatic carbocycles. The Labute approximate surface area is 132 Å². The first-order valence-corrected chi connectivity index (χ1v) is 8.03. The first-order valence-electron chi connectivity index (χ1n) is 8.03. The number of hydrogen-bond donors (Lipinski definition) is 2. The Morgan fingerprint density at radius 3 is 2.55 bits per heavy atom. The minimum atomic E-state index is 0.248. The average molecular weight is 299 g/mol. The summed E-state index contributed by atoms with van der Waals surface area (Å²) in [7, 11) is 0. The number of anilines is 2. The lowest BCUT2D eigenvalue weighted by Gasteiger charge is -2.15. The van der Waals surface area contributed by atoms with Gasteiger partial charge in [-0.25, -0.2) is 0 Å². The van der Waals surface area contributed by atoms with E-state index >= 15 is 0 Å². The number of hydrogen-bond acceptors (Lipinski definition) is 5. The molecule has 0 radical (unpaired) electrons. The van der Waals surface area contributed by atoms with Gasteiger partial charge in [0.1, 0.15) is 0 Å². The molecular weight excluding hydrogens is 274 g/mol. The fourth-order valence-corrected chi connectivity index (χ4v) is 2.37. The molecule has 0 fully saturated rings. The maximum atomic E-state index is 5.81. The van der Waals surface area contributed by atoms with Crippen molar-refractivity contribution in [2.24, 2.45) is 5.92 Å². The maximum Gasteiger partial charge on any atom is 0.228 e. The Bertz CT molecular complexity index is 571. The summed E-state index contributed by atoms with van der Waals surface area (Å²) in [5.41, 5.74) is 6.76. The summed E-state index contributed by atoms with van der Waals surface area (Å²) in [6, 6.07) is 9.82. The van der Waals surface area contributed by atoms with Crippen LogP contribution in [0.5, 0.6) is 0 Å². The molecule has 1 unspecified atom stereocenters. The second kappa shape index (κ2) is 8.32. The van der Waals surface area contributed by atoms with Crippen LogP contribution in [0, 0.1) is 5.92 Å². The predicted octanol–water partition coefficient (Wildman–Crippen LogP) is 3.75. The molecule has 1 aromatic heterocycles. The van der Waals surface area contributed by atoms with Crippen LogP contribution in [0.4, 0.5) is 11.9 Å². The van der Waals surface area contributed by atoms with Crippen molar-refractivity contribution in [3.05, 3.63) is 30.3 Å². The van der Waals surface area contributed by atoms with Gasteiger partial charge >= 0.3 is 0 Å². The summed E-state index contributed by atoms with van der Waals surface area (Å²) in [6.07, 6.45) is 4.87. The summed E-state index contributed by atoms with van der Waals surface area (Å²) >= 11 is 0. The second-order valence-corrected chi connectivity index (χ2v) is 5.50. The van der Waals surface area contributed by atoms with E-state index in [0.717, 1.165) is 18.5 Å². The monoisotopic (exact) mass is 299 g/mol. The van der Waals surface area contributed by atoms with Gasteiger partial charge in [-0.2, -0.15) is 15.0 Å². The van der Waals surface area contributed by atoms with Crippen LogP contribution >= 0.6 is 0 Å². The Hall–Kier alpha value is -2.17. The topological polar surface area (TPSA) is 76.7 Å². The molecule has 1 aromatic carbocycles. The van der Waals surface area contributed by atoms with Crippen molar-refractivity contribution in [3.63, 3.8) is 0 Å². The molecule has 1 atom stereocenters. The zero-order valence-corrected chi connectivity index (χ0v) is 13.4. The van der Waals surface area contributed by atoms with Crippen LogP contribution < -0.4 is 11.1 Å². The third kappa shape index (κ3) is 4.69. The van der Waals surface area contributed by atoms with E-state index in [4.69, 9.17) is 5.73 Å². The molecule has 0 amide bonds. The van der Waals surface area contributed by atoms with Gasteiger partial charge in [0.05, 0.1) is 0 Å². The third-order valence-electron chi connectivity index (χ3n) is 3.78. The molecule has 1 heterocycles. The van der Waals surface area contributed by atoms with Gasteiger partial charge in [0, 0.05) is 12.1 Å². The molecule has 118 valence electrons. The Morgan fingerprint density at radius 2 is 1.86 bits per heavy atom. The van der Waals surface area contributed by atoms with Crippen LogP contribution in [0.2, 0.25) is 0 Å². The van der Waals surface area contributed by atoms with Gasteiger partial charge in [0.25, 0.3) is 0 Å². The highest BCUT2D eigenvalue weighted by atomic mass is 15.2. The van der Waals surface area contributed by atoms with Crippen molar-refractivity contribution in [2.75, 3.05) is 17.6 Å². The van der Waals surface area contributed by atoms with E-state index in [-0.39, 0.29) is 5.95 Å². The third-order valence-corrected chi connectivity index (χ3v) is 3.78. The molecule has 0 saturated carbocycles. The zero-order chi connectivity index (χ0) is 15.8. The summed E-state index contributed by atoms with van der Waals surface area (Å²) in [4.78, 5) is 12.9. The molecule has 0 aliphatic heterocycles. The number of rotatable bonds is 8. The zero-order valence-electron chi connectivity index (χ0n) is 13.4. The van der Waals surface area contributed by atoms with Gasteiger partial charge in [0.2, 0.25) is 11.9 Å². The predicted molar refractivity (Wildman–Crippen MR) is 91.5 cm³/mol. The number of benzene rings is 1. The molecule has 2 rings (SSSR count). The normalized spacial score (nSPS) is 12.1. The number of nitrogens with one attached hydrogen (secondary N) is 1. The Balaban J connectivity index is 2.07. The van der Waals surface area contributed by atoms with E-state index in [1.54, 1.807) is 0 Å². The number of unbranched alkanes of at least 4 members (excludes halogenated alkanes) is 1. The van der Waals surface area contributed by atoms with Crippen molar-refractivity contribution in [1.29, 1.82) is 0 Å². The van der Waals surface area contributed by atoms with Crippen LogP contribution in [0.15, 0.2) is 30.3 Å². The summed E-state index contributed by atoms with van der Waals surface area (Å²) in [6.45, 7) is 5.31. The molecule has 22 heavy (non-hydrogen) atoms. The van der Waals surface area contributed by atoms with Gasteiger partial charge in [-0.1, -0.05) is 63.4 Å². The van der Waals surface area contributed by atoms with E-state index in [9.17, 15) is 0 Å². The van der Waals surface area contributed by atoms with Gasteiger partial charge in [-0.05, 0) is 12.3 Å². The summed E-state index contributed by atoms with van der Waals surface area (Å²) in [5, 5.41) is 3.31. The maximum absolute atomic E-state index is 5.81. The fourth-order valence-electron chi connectivity index (χ4n) is 2.37. The van der Waals surface area contributed by atoms with Crippen LogP contribution in [-0.4, -0.2) is 21.5 Å². The standard InChI is InChI=1S/C17H25N5/c1-3-5-9-13(4-2)12-19-17-21-15(20-16(18)22-17)14-10-7-6-8-11-14/h6-8,10-11,13H,3-5,9,12H2,1-2H3,(H3,18,19,20,21,22). The molecule has 5 nitrogen and oxygen atoms in total. The smallest absolute Gasteiger partial charge is 0.228 e. The molecule has 2 aromatic rings. The molecule has 5 heteroatoms.